The van der Waals surface area contributed by atoms with Crippen LogP contribution in [0, 0.1) is 11.8 Å². The Labute approximate surface area is 275 Å². The molecule has 0 aromatic heterocycles. The topological polar surface area (TPSA) is 83.5 Å². The molecule has 1 fully saturated rings. The van der Waals surface area contributed by atoms with Gasteiger partial charge in [-0.1, -0.05) is 82.3 Å². The van der Waals surface area contributed by atoms with E-state index in [9.17, 15) is 9.59 Å². The van der Waals surface area contributed by atoms with Gasteiger partial charge >= 0.3 is 6.16 Å². The van der Waals surface area contributed by atoms with Crippen molar-refractivity contribution in [3.63, 3.8) is 0 Å². The third-order valence-corrected chi connectivity index (χ3v) is 13.9. The summed E-state index contributed by atoms with van der Waals surface area (Å²) < 4.78 is 28.2. The molecule has 1 amide bonds. The number of amides is 1. The maximum absolute atomic E-state index is 14.1. The third kappa shape index (κ3) is 8.30. The average Bonchev–Trinajstić information content (AvgIpc) is 3.05. The van der Waals surface area contributed by atoms with Crippen LogP contribution in [0.3, 0.4) is 0 Å². The molecule has 9 heteroatoms. The van der Waals surface area contributed by atoms with Gasteiger partial charge in [-0.25, -0.2) is 4.79 Å². The standard InChI is InChI=1S/C37H49NO7Si/c1-26(24-45-46(7,8)37(2,3)4)33-32(22-23-43-36(40)44-25-27-12-10-9-11-13-27)35(39)38(33)34(28-14-18-30(41-5)19-15-28)29-16-20-31(42-6)21-17-29/h9-21,26,32-34H,22-25H2,1-8H3/t26-,32-,33+/m0/s1. The van der Waals surface area contributed by atoms with Gasteiger partial charge in [-0.15, -0.1) is 0 Å². The molecule has 0 N–H and O–H groups in total. The van der Waals surface area contributed by atoms with E-state index in [1.165, 1.54) is 0 Å². The SMILES string of the molecule is COc1ccc(C(c2ccc(OC)cc2)N2C(=O)[C@@H](CCOC(=O)OCc3ccccc3)[C@H]2[C@@H](C)CO[Si](C)(C)C(C)(C)C)cc1. The fourth-order valence-electron chi connectivity index (χ4n) is 5.63. The van der Waals surface area contributed by atoms with Gasteiger partial charge < -0.3 is 28.3 Å². The monoisotopic (exact) mass is 647 g/mol. The van der Waals surface area contributed by atoms with Gasteiger partial charge in [0.2, 0.25) is 5.91 Å². The molecular formula is C37H49NO7Si. The van der Waals surface area contributed by atoms with Crippen LogP contribution in [0.25, 0.3) is 0 Å². The Morgan fingerprint density at radius 3 is 1.89 bits per heavy atom. The number of hydrogen-bond donors (Lipinski definition) is 0. The Morgan fingerprint density at radius 1 is 0.848 bits per heavy atom. The van der Waals surface area contributed by atoms with Crippen molar-refractivity contribution in [2.75, 3.05) is 27.4 Å². The van der Waals surface area contributed by atoms with E-state index < -0.39 is 14.5 Å². The predicted molar refractivity (Wildman–Crippen MR) is 181 cm³/mol. The number of nitrogens with zero attached hydrogens (tertiary/aromatic N) is 1. The van der Waals surface area contributed by atoms with Crippen molar-refractivity contribution in [1.82, 2.24) is 4.90 Å². The first-order chi connectivity index (χ1) is 21.9. The third-order valence-electron chi connectivity index (χ3n) is 9.39. The summed E-state index contributed by atoms with van der Waals surface area (Å²) >= 11 is 0. The lowest BCUT2D eigenvalue weighted by atomic mass is 9.75. The van der Waals surface area contributed by atoms with Crippen molar-refractivity contribution >= 4 is 20.4 Å². The molecule has 3 aromatic rings. The van der Waals surface area contributed by atoms with Crippen molar-refractivity contribution in [1.29, 1.82) is 0 Å². The lowest BCUT2D eigenvalue weighted by Crippen LogP contribution is -2.65. The average molecular weight is 648 g/mol. The zero-order valence-corrected chi connectivity index (χ0v) is 29.4. The summed E-state index contributed by atoms with van der Waals surface area (Å²) in [5, 5.41) is 0.0594. The highest BCUT2D eigenvalue weighted by Gasteiger charge is 2.53. The fraction of sp³-hybridized carbons (Fsp3) is 0.459. The number of methoxy groups -OCH3 is 2. The van der Waals surface area contributed by atoms with E-state index in [0.717, 1.165) is 28.2 Å². The molecule has 8 nitrogen and oxygen atoms in total. The van der Waals surface area contributed by atoms with Gasteiger partial charge in [0, 0.05) is 12.6 Å². The molecule has 3 atom stereocenters. The van der Waals surface area contributed by atoms with Crippen LogP contribution in [-0.4, -0.2) is 58.8 Å². The first kappa shape index (κ1) is 35.0. The Bertz CT molecular complexity index is 1370. The number of likely N-dealkylation sites (tertiary alicyclic amines) is 1. The largest absolute Gasteiger partial charge is 0.508 e. The molecule has 1 aliphatic heterocycles. The molecule has 46 heavy (non-hydrogen) atoms. The number of ether oxygens (including phenoxy) is 4. The number of carbonyl (C=O) groups is 2. The minimum atomic E-state index is -2.03. The molecule has 0 saturated carbocycles. The Balaban J connectivity index is 1.57. The molecule has 3 aromatic carbocycles. The van der Waals surface area contributed by atoms with E-state index >= 15 is 0 Å². The van der Waals surface area contributed by atoms with Crippen LogP contribution in [0.15, 0.2) is 78.9 Å². The quantitative estimate of drug-likeness (QED) is 0.0995. The van der Waals surface area contributed by atoms with Crippen LogP contribution in [0.1, 0.15) is 56.8 Å². The second-order valence-corrected chi connectivity index (χ2v) is 18.3. The normalized spacial score (nSPS) is 17.3. The Hall–Kier alpha value is -3.82. The lowest BCUT2D eigenvalue weighted by molar-refractivity contribution is -0.166. The van der Waals surface area contributed by atoms with Crippen molar-refractivity contribution in [3.05, 3.63) is 95.6 Å². The van der Waals surface area contributed by atoms with Gasteiger partial charge in [0.25, 0.3) is 0 Å². The maximum Gasteiger partial charge on any atom is 0.508 e. The summed E-state index contributed by atoms with van der Waals surface area (Å²) in [6.45, 7) is 14.1. The second-order valence-electron chi connectivity index (χ2n) is 13.5. The minimum absolute atomic E-state index is 0.0158. The Kier molecular flexibility index (Phi) is 11.6. The van der Waals surface area contributed by atoms with E-state index in [1.54, 1.807) is 14.2 Å². The molecule has 0 spiro atoms. The summed E-state index contributed by atoms with van der Waals surface area (Å²) in [6, 6.07) is 24.7. The van der Waals surface area contributed by atoms with Gasteiger partial charge in [0.1, 0.15) is 18.1 Å². The van der Waals surface area contributed by atoms with Gasteiger partial charge in [-0.05, 0) is 71.4 Å². The molecule has 248 valence electrons. The van der Waals surface area contributed by atoms with Crippen molar-refractivity contribution in [2.24, 2.45) is 11.8 Å². The van der Waals surface area contributed by atoms with Crippen molar-refractivity contribution in [2.45, 2.75) is 70.9 Å². The molecule has 0 unspecified atom stereocenters. The number of rotatable bonds is 14. The molecule has 0 radical (unpaired) electrons. The molecule has 1 aliphatic rings. The molecule has 4 rings (SSSR count). The van der Waals surface area contributed by atoms with Gasteiger partial charge in [-0.2, -0.15) is 0 Å². The highest BCUT2D eigenvalue weighted by Crippen LogP contribution is 2.45. The molecule has 0 bridgehead atoms. The van der Waals surface area contributed by atoms with E-state index in [4.69, 9.17) is 23.4 Å². The number of carbonyl (C=O) groups excluding carboxylic acids is 2. The highest BCUT2D eigenvalue weighted by molar-refractivity contribution is 6.74. The van der Waals surface area contributed by atoms with Crippen LogP contribution in [0.4, 0.5) is 4.79 Å². The van der Waals surface area contributed by atoms with Gasteiger partial charge in [0.15, 0.2) is 8.32 Å². The molecule has 1 saturated heterocycles. The van der Waals surface area contributed by atoms with Crippen LogP contribution < -0.4 is 9.47 Å². The first-order valence-electron chi connectivity index (χ1n) is 15.9. The maximum atomic E-state index is 14.1. The second kappa shape index (κ2) is 15.2. The van der Waals surface area contributed by atoms with E-state index in [-0.39, 0.29) is 48.1 Å². The number of benzene rings is 3. The lowest BCUT2D eigenvalue weighted by Gasteiger charge is -2.54. The zero-order valence-electron chi connectivity index (χ0n) is 28.4. The van der Waals surface area contributed by atoms with Crippen molar-refractivity contribution < 1.29 is 33.0 Å². The van der Waals surface area contributed by atoms with E-state index in [0.29, 0.717) is 13.0 Å². The number of hydrogen-bond acceptors (Lipinski definition) is 7. The van der Waals surface area contributed by atoms with E-state index in [1.807, 2.05) is 83.8 Å². The van der Waals surface area contributed by atoms with Gasteiger partial charge in [0.05, 0.1) is 32.8 Å². The first-order valence-corrected chi connectivity index (χ1v) is 18.8. The van der Waals surface area contributed by atoms with Crippen LogP contribution in [0.5, 0.6) is 11.5 Å². The highest BCUT2D eigenvalue weighted by atomic mass is 28.4. The summed E-state index contributed by atoms with van der Waals surface area (Å²) in [5.41, 5.74) is 2.82. The van der Waals surface area contributed by atoms with Crippen LogP contribution in [0.2, 0.25) is 18.1 Å². The number of β-lactam (4-membered cyclic amide) rings is 1. The zero-order chi connectivity index (χ0) is 33.5. The van der Waals surface area contributed by atoms with Gasteiger partial charge in [-0.3, -0.25) is 4.79 Å². The Morgan fingerprint density at radius 2 is 1.39 bits per heavy atom. The van der Waals surface area contributed by atoms with E-state index in [2.05, 4.69) is 40.8 Å². The summed E-state index contributed by atoms with van der Waals surface area (Å²) in [4.78, 5) is 28.5. The summed E-state index contributed by atoms with van der Waals surface area (Å²) in [6.07, 6.45) is -0.351. The molecular weight excluding hydrogens is 598 g/mol. The molecule has 1 heterocycles. The summed E-state index contributed by atoms with van der Waals surface area (Å²) in [7, 11) is 1.24. The fourth-order valence-corrected chi connectivity index (χ4v) is 6.74. The summed E-state index contributed by atoms with van der Waals surface area (Å²) in [5.74, 6) is 1.20. The minimum Gasteiger partial charge on any atom is -0.497 e. The molecule has 0 aliphatic carbocycles. The van der Waals surface area contributed by atoms with Crippen LogP contribution >= 0.6 is 0 Å². The van der Waals surface area contributed by atoms with Crippen LogP contribution in [-0.2, 0) is 25.3 Å². The predicted octanol–water partition coefficient (Wildman–Crippen LogP) is 8.02. The smallest absolute Gasteiger partial charge is 0.497 e. The van der Waals surface area contributed by atoms with Crippen molar-refractivity contribution in [3.8, 4) is 11.5 Å².